The van der Waals surface area contributed by atoms with Crippen molar-refractivity contribution in [2.45, 2.75) is 43.9 Å². The summed E-state index contributed by atoms with van der Waals surface area (Å²) >= 11 is 0. The van der Waals surface area contributed by atoms with Crippen LogP contribution in [0.5, 0.6) is 0 Å². The number of carbonyl (C=O) groups is 1. The fourth-order valence-corrected chi connectivity index (χ4v) is 5.81. The van der Waals surface area contributed by atoms with Gasteiger partial charge in [-0.25, -0.2) is 0 Å². The topological polar surface area (TPSA) is 87.9 Å². The minimum Gasteiger partial charge on any atom is -0.341 e. The van der Waals surface area contributed by atoms with Crippen LogP contribution in [-0.2, 0) is 23.1 Å². The third kappa shape index (κ3) is 2.71. The molecule has 2 aliphatic carbocycles. The summed E-state index contributed by atoms with van der Waals surface area (Å²) in [5, 5.41) is 11.5. The molecule has 1 saturated heterocycles. The number of aryl methyl sites for hydroxylation is 1. The number of benzene rings is 1. The predicted molar refractivity (Wildman–Crippen MR) is 109 cm³/mol. The third-order valence-corrected chi connectivity index (χ3v) is 7.44. The van der Waals surface area contributed by atoms with E-state index in [0.717, 1.165) is 56.3 Å². The molecule has 3 aromatic rings. The normalized spacial score (nSPS) is 27.8. The maximum atomic E-state index is 13.4. The molecule has 2 fully saturated rings. The fourth-order valence-electron chi connectivity index (χ4n) is 5.81. The van der Waals surface area contributed by atoms with Crippen LogP contribution in [-0.4, -0.2) is 44.2 Å². The molecule has 1 amide bonds. The van der Waals surface area contributed by atoms with Gasteiger partial charge in [0.15, 0.2) is 0 Å². The standard InChI is InChI=1S/C23H25N5O2/c29-21(16-8-9-17-12-24-26-19(17)11-16)28-13-18-7-4-10-23(18,14-28)22-25-20(27-30-22)15-5-2-1-3-6-15/h1-3,5-6,12,16,18H,4,7-11,13-14H2,(H,24,26)/t16-,18+,23+/m0/s1. The lowest BCUT2D eigenvalue weighted by molar-refractivity contribution is -0.135. The van der Waals surface area contributed by atoms with Crippen molar-refractivity contribution in [2.75, 3.05) is 13.1 Å². The van der Waals surface area contributed by atoms with Gasteiger partial charge in [-0.2, -0.15) is 10.1 Å². The summed E-state index contributed by atoms with van der Waals surface area (Å²) < 4.78 is 5.80. The molecule has 0 bridgehead atoms. The smallest absolute Gasteiger partial charge is 0.235 e. The van der Waals surface area contributed by atoms with E-state index in [1.165, 1.54) is 5.56 Å². The van der Waals surface area contributed by atoms with Gasteiger partial charge in [-0.15, -0.1) is 0 Å². The number of nitrogens with one attached hydrogen (secondary N) is 1. The van der Waals surface area contributed by atoms with E-state index in [4.69, 9.17) is 9.51 Å². The monoisotopic (exact) mass is 403 g/mol. The molecular weight excluding hydrogens is 378 g/mol. The van der Waals surface area contributed by atoms with Gasteiger partial charge in [-0.1, -0.05) is 41.9 Å². The lowest BCUT2D eigenvalue weighted by Gasteiger charge is -2.28. The lowest BCUT2D eigenvalue weighted by Crippen LogP contribution is -2.39. The highest BCUT2D eigenvalue weighted by atomic mass is 16.5. The Hall–Kier alpha value is -2.96. The van der Waals surface area contributed by atoms with Crippen molar-refractivity contribution in [2.24, 2.45) is 11.8 Å². The Morgan fingerprint density at radius 3 is 3.03 bits per heavy atom. The Morgan fingerprint density at radius 2 is 2.13 bits per heavy atom. The van der Waals surface area contributed by atoms with Gasteiger partial charge in [0, 0.05) is 36.7 Å². The number of aromatic amines is 1. The Kier molecular flexibility index (Phi) is 4.04. The molecule has 0 spiro atoms. The molecule has 3 atom stereocenters. The van der Waals surface area contributed by atoms with Crippen molar-refractivity contribution in [3.8, 4) is 11.4 Å². The number of hydrogen-bond acceptors (Lipinski definition) is 5. The Labute approximate surface area is 174 Å². The van der Waals surface area contributed by atoms with E-state index in [2.05, 4.69) is 20.3 Å². The van der Waals surface area contributed by atoms with E-state index in [9.17, 15) is 4.79 Å². The predicted octanol–water partition coefficient (Wildman–Crippen LogP) is 3.14. The van der Waals surface area contributed by atoms with Crippen LogP contribution in [0.1, 0.15) is 42.8 Å². The highest BCUT2D eigenvalue weighted by Gasteiger charge is 2.55. The molecule has 1 aliphatic heterocycles. The zero-order chi connectivity index (χ0) is 20.1. The van der Waals surface area contributed by atoms with Crippen LogP contribution in [0.25, 0.3) is 11.4 Å². The molecule has 154 valence electrons. The molecule has 7 heteroatoms. The maximum Gasteiger partial charge on any atom is 0.235 e. The summed E-state index contributed by atoms with van der Waals surface area (Å²) in [6.07, 6.45) is 7.76. The second-order valence-electron chi connectivity index (χ2n) is 9.07. The number of H-pyrrole nitrogens is 1. The minimum absolute atomic E-state index is 0.0383. The second-order valence-corrected chi connectivity index (χ2v) is 9.07. The number of aromatic nitrogens is 4. The second kappa shape index (κ2) is 6.79. The van der Waals surface area contributed by atoms with Gasteiger partial charge in [0.2, 0.25) is 17.6 Å². The molecule has 1 N–H and O–H groups in total. The average molecular weight is 403 g/mol. The van der Waals surface area contributed by atoms with Crippen molar-refractivity contribution < 1.29 is 9.32 Å². The zero-order valence-electron chi connectivity index (χ0n) is 16.9. The Bertz CT molecular complexity index is 1070. The van der Waals surface area contributed by atoms with E-state index in [0.29, 0.717) is 24.2 Å². The Morgan fingerprint density at radius 1 is 1.23 bits per heavy atom. The number of amides is 1. The van der Waals surface area contributed by atoms with E-state index < -0.39 is 0 Å². The first-order valence-electron chi connectivity index (χ1n) is 10.9. The van der Waals surface area contributed by atoms with Gasteiger partial charge in [0.05, 0.1) is 11.6 Å². The van der Waals surface area contributed by atoms with Crippen molar-refractivity contribution in [3.63, 3.8) is 0 Å². The van der Waals surface area contributed by atoms with Crippen LogP contribution in [0.3, 0.4) is 0 Å². The molecule has 0 radical (unpaired) electrons. The zero-order valence-corrected chi connectivity index (χ0v) is 16.9. The van der Waals surface area contributed by atoms with Crippen molar-refractivity contribution in [1.29, 1.82) is 0 Å². The van der Waals surface area contributed by atoms with Crippen LogP contribution in [0, 0.1) is 11.8 Å². The molecule has 7 nitrogen and oxygen atoms in total. The van der Waals surface area contributed by atoms with E-state index in [-0.39, 0.29) is 17.2 Å². The van der Waals surface area contributed by atoms with Crippen molar-refractivity contribution >= 4 is 5.91 Å². The van der Waals surface area contributed by atoms with E-state index in [1.807, 2.05) is 36.5 Å². The summed E-state index contributed by atoms with van der Waals surface area (Å²) in [6, 6.07) is 9.93. The molecule has 0 unspecified atom stereocenters. The van der Waals surface area contributed by atoms with Crippen LogP contribution in [0.15, 0.2) is 41.1 Å². The third-order valence-electron chi connectivity index (χ3n) is 7.44. The van der Waals surface area contributed by atoms with Crippen LogP contribution < -0.4 is 0 Å². The molecular formula is C23H25N5O2. The molecule has 1 aromatic carbocycles. The van der Waals surface area contributed by atoms with Crippen LogP contribution >= 0.6 is 0 Å². The number of carbonyl (C=O) groups excluding carboxylic acids is 1. The van der Waals surface area contributed by atoms with Crippen LogP contribution in [0.2, 0.25) is 0 Å². The van der Waals surface area contributed by atoms with Gasteiger partial charge in [0.1, 0.15) is 0 Å². The number of rotatable bonds is 3. The number of fused-ring (bicyclic) bond motifs is 2. The summed E-state index contributed by atoms with van der Waals surface area (Å²) in [7, 11) is 0. The quantitative estimate of drug-likeness (QED) is 0.726. The first-order valence-corrected chi connectivity index (χ1v) is 10.9. The summed E-state index contributed by atoms with van der Waals surface area (Å²) in [4.78, 5) is 20.3. The fraction of sp³-hybridized carbons (Fsp3) is 0.478. The van der Waals surface area contributed by atoms with E-state index >= 15 is 0 Å². The molecule has 1 saturated carbocycles. The molecule has 6 rings (SSSR count). The van der Waals surface area contributed by atoms with Crippen molar-refractivity contribution in [1.82, 2.24) is 25.2 Å². The van der Waals surface area contributed by atoms with Crippen LogP contribution in [0.4, 0.5) is 0 Å². The first kappa shape index (κ1) is 17.9. The van der Waals surface area contributed by atoms with Gasteiger partial charge in [0.25, 0.3) is 0 Å². The average Bonchev–Trinajstić information content (AvgIpc) is 3.55. The Balaban J connectivity index is 1.24. The minimum atomic E-state index is -0.191. The maximum absolute atomic E-state index is 13.4. The number of hydrogen-bond donors (Lipinski definition) is 1. The SMILES string of the molecule is O=C([C@H]1CCc2cn[nH]c2C1)N1C[C@H]2CCC[C@@]2(c2nc(-c3ccccc3)no2)C1. The molecule has 30 heavy (non-hydrogen) atoms. The molecule has 3 heterocycles. The number of likely N-dealkylation sites (tertiary alicyclic amines) is 1. The summed E-state index contributed by atoms with van der Waals surface area (Å²) in [5.74, 6) is 2.05. The highest BCUT2D eigenvalue weighted by Crippen LogP contribution is 2.50. The van der Waals surface area contributed by atoms with Gasteiger partial charge < -0.3 is 9.42 Å². The molecule has 2 aromatic heterocycles. The molecule has 3 aliphatic rings. The largest absolute Gasteiger partial charge is 0.341 e. The van der Waals surface area contributed by atoms with Gasteiger partial charge in [-0.3, -0.25) is 9.89 Å². The summed E-state index contributed by atoms with van der Waals surface area (Å²) in [5.41, 5.74) is 3.15. The van der Waals surface area contributed by atoms with Crippen molar-refractivity contribution in [3.05, 3.63) is 53.7 Å². The highest BCUT2D eigenvalue weighted by molar-refractivity contribution is 5.80. The van der Waals surface area contributed by atoms with Gasteiger partial charge in [-0.05, 0) is 37.2 Å². The number of nitrogens with zero attached hydrogens (tertiary/aromatic N) is 4. The first-order chi connectivity index (χ1) is 14.7. The van der Waals surface area contributed by atoms with E-state index in [1.54, 1.807) is 0 Å². The summed E-state index contributed by atoms with van der Waals surface area (Å²) in [6.45, 7) is 1.49. The lowest BCUT2D eigenvalue weighted by atomic mass is 9.80. The van der Waals surface area contributed by atoms with Gasteiger partial charge >= 0.3 is 0 Å².